The number of hydrogen-bond acceptors (Lipinski definition) is 4. The van der Waals surface area contributed by atoms with Gasteiger partial charge in [0.15, 0.2) is 5.96 Å². The Balaban J connectivity index is 1.85. The van der Waals surface area contributed by atoms with E-state index in [0.717, 1.165) is 17.8 Å². The highest BCUT2D eigenvalue weighted by Gasteiger charge is 2.32. The second-order valence-electron chi connectivity index (χ2n) is 5.49. The molecule has 6 nitrogen and oxygen atoms in total. The first-order chi connectivity index (χ1) is 12.7. The van der Waals surface area contributed by atoms with Gasteiger partial charge in [-0.1, -0.05) is 29.3 Å². The minimum atomic E-state index is -4.52. The highest BCUT2D eigenvalue weighted by Crippen LogP contribution is 2.27. The second-order valence-corrected chi connectivity index (χ2v) is 6.33. The Hall–Kier alpha value is -2.26. The Morgan fingerprint density at radius 3 is 2.70 bits per heavy atom. The van der Waals surface area contributed by atoms with Gasteiger partial charge in [-0.2, -0.15) is 13.2 Å². The third-order valence-electron chi connectivity index (χ3n) is 3.42. The molecular formula is C16H17Cl2F3N6. The highest BCUT2D eigenvalue weighted by molar-refractivity contribution is 6.35. The molecule has 4 N–H and O–H groups in total. The van der Waals surface area contributed by atoms with Crippen LogP contribution in [0.3, 0.4) is 0 Å². The molecule has 11 heteroatoms. The van der Waals surface area contributed by atoms with E-state index in [4.69, 9.17) is 28.9 Å². The number of nitrogens with one attached hydrogen (secondary N) is 2. The lowest BCUT2D eigenvalue weighted by molar-refractivity contribution is -0.141. The molecule has 0 bridgehead atoms. The van der Waals surface area contributed by atoms with Gasteiger partial charge in [-0.15, -0.1) is 0 Å². The van der Waals surface area contributed by atoms with Crippen molar-refractivity contribution in [1.82, 2.24) is 15.3 Å². The maximum atomic E-state index is 12.6. The van der Waals surface area contributed by atoms with E-state index in [-0.39, 0.29) is 31.0 Å². The Labute approximate surface area is 164 Å². The quantitative estimate of drug-likeness (QED) is 0.374. The number of alkyl halides is 3. The van der Waals surface area contributed by atoms with Gasteiger partial charge in [0.2, 0.25) is 5.95 Å². The van der Waals surface area contributed by atoms with Gasteiger partial charge in [0.25, 0.3) is 0 Å². The molecule has 0 spiro atoms. The van der Waals surface area contributed by atoms with Crippen LogP contribution in [0.2, 0.25) is 10.0 Å². The van der Waals surface area contributed by atoms with Gasteiger partial charge in [0, 0.05) is 22.8 Å². The molecule has 0 radical (unpaired) electrons. The third kappa shape index (κ3) is 6.44. The molecule has 1 aromatic heterocycles. The average molecular weight is 421 g/mol. The molecule has 0 aliphatic carbocycles. The summed E-state index contributed by atoms with van der Waals surface area (Å²) in [6.07, 6.45) is -3.49. The van der Waals surface area contributed by atoms with Crippen molar-refractivity contribution in [3.8, 4) is 0 Å². The van der Waals surface area contributed by atoms with E-state index in [1.54, 1.807) is 18.2 Å². The Morgan fingerprint density at radius 1 is 1.30 bits per heavy atom. The van der Waals surface area contributed by atoms with Crippen LogP contribution in [0.25, 0.3) is 0 Å². The maximum Gasteiger partial charge on any atom is 0.433 e. The number of aromatic nitrogens is 2. The second kappa shape index (κ2) is 9.09. The summed E-state index contributed by atoms with van der Waals surface area (Å²) in [4.78, 5) is 11.2. The van der Waals surface area contributed by atoms with Crippen LogP contribution in [-0.2, 0) is 6.18 Å². The fraction of sp³-hybridized carbons (Fsp3) is 0.312. The van der Waals surface area contributed by atoms with Gasteiger partial charge in [-0.05, 0) is 30.7 Å². The van der Waals surface area contributed by atoms with E-state index >= 15 is 0 Å². The number of nitrogens with two attached hydrogens (primary N) is 1. The lowest BCUT2D eigenvalue weighted by Crippen LogP contribution is -2.34. The summed E-state index contributed by atoms with van der Waals surface area (Å²) in [6.45, 7) is 2.27. The van der Waals surface area contributed by atoms with Gasteiger partial charge in [0.05, 0.1) is 12.6 Å². The van der Waals surface area contributed by atoms with Crippen molar-refractivity contribution < 1.29 is 13.2 Å². The number of rotatable bonds is 6. The molecule has 1 aromatic carbocycles. The van der Waals surface area contributed by atoms with Crippen molar-refractivity contribution in [2.75, 3.05) is 18.4 Å². The SMILES string of the molecule is CC(NC(N)=NCCNc1nccc(C(F)(F)F)n1)c1ccc(Cl)cc1Cl. The van der Waals surface area contributed by atoms with Gasteiger partial charge >= 0.3 is 6.18 Å². The minimum absolute atomic E-state index is 0.132. The predicted octanol–water partition coefficient (Wildman–Crippen LogP) is 3.88. The van der Waals surface area contributed by atoms with E-state index in [2.05, 4.69) is 25.6 Å². The van der Waals surface area contributed by atoms with Crippen LogP contribution in [-0.4, -0.2) is 29.0 Å². The van der Waals surface area contributed by atoms with E-state index in [9.17, 15) is 13.2 Å². The van der Waals surface area contributed by atoms with Crippen molar-refractivity contribution in [1.29, 1.82) is 0 Å². The zero-order valence-electron chi connectivity index (χ0n) is 14.2. The summed E-state index contributed by atoms with van der Waals surface area (Å²) < 4.78 is 37.8. The average Bonchev–Trinajstić information content (AvgIpc) is 2.58. The number of anilines is 1. The highest BCUT2D eigenvalue weighted by atomic mass is 35.5. The van der Waals surface area contributed by atoms with E-state index in [1.165, 1.54) is 0 Å². The summed E-state index contributed by atoms with van der Waals surface area (Å²) in [6, 6.07) is 5.71. The molecule has 0 fully saturated rings. The molecule has 146 valence electrons. The Morgan fingerprint density at radius 2 is 2.04 bits per heavy atom. The molecule has 27 heavy (non-hydrogen) atoms. The smallest absolute Gasteiger partial charge is 0.370 e. The van der Waals surface area contributed by atoms with Gasteiger partial charge in [-0.25, -0.2) is 9.97 Å². The minimum Gasteiger partial charge on any atom is -0.370 e. The number of halogens is 5. The van der Waals surface area contributed by atoms with Crippen LogP contribution in [0.4, 0.5) is 19.1 Å². The summed E-state index contributed by atoms with van der Waals surface area (Å²) in [7, 11) is 0. The van der Waals surface area contributed by atoms with Gasteiger partial charge < -0.3 is 16.4 Å². The zero-order valence-corrected chi connectivity index (χ0v) is 15.7. The van der Waals surface area contributed by atoms with E-state index < -0.39 is 11.9 Å². The first-order valence-electron chi connectivity index (χ1n) is 7.82. The molecule has 0 saturated carbocycles. The number of benzene rings is 1. The van der Waals surface area contributed by atoms with Crippen molar-refractivity contribution in [2.45, 2.75) is 19.1 Å². The van der Waals surface area contributed by atoms with Gasteiger partial charge in [-0.3, -0.25) is 4.99 Å². The van der Waals surface area contributed by atoms with E-state index in [1.807, 2.05) is 6.92 Å². The predicted molar refractivity (Wildman–Crippen MR) is 100 cm³/mol. The largest absolute Gasteiger partial charge is 0.433 e. The third-order valence-corrected chi connectivity index (χ3v) is 3.98. The molecule has 0 amide bonds. The van der Waals surface area contributed by atoms with Crippen molar-refractivity contribution in [3.05, 3.63) is 51.8 Å². The molecule has 1 atom stereocenters. The Kier molecular flexibility index (Phi) is 7.09. The summed E-state index contributed by atoms with van der Waals surface area (Å²) in [5.74, 6) is 0.0353. The molecule has 2 aromatic rings. The standard InChI is InChI=1S/C16H17Cl2F3N6/c1-9(11-3-2-10(17)8-12(11)18)26-14(22)23-6-7-25-15-24-5-4-13(27-15)16(19,20)21/h2-5,8-9H,6-7H2,1H3,(H3,22,23,26)(H,24,25,27). The molecule has 0 aliphatic heterocycles. The molecule has 1 unspecified atom stereocenters. The lowest BCUT2D eigenvalue weighted by atomic mass is 10.1. The first kappa shape index (κ1) is 21.0. The topological polar surface area (TPSA) is 88.2 Å². The van der Waals surface area contributed by atoms with Crippen LogP contribution in [0.15, 0.2) is 35.5 Å². The molecular weight excluding hydrogens is 404 g/mol. The first-order valence-corrected chi connectivity index (χ1v) is 8.58. The number of nitrogens with zero attached hydrogens (tertiary/aromatic N) is 3. The monoisotopic (exact) mass is 420 g/mol. The normalized spacial score (nSPS) is 13.3. The van der Waals surface area contributed by atoms with Crippen molar-refractivity contribution in [3.63, 3.8) is 0 Å². The van der Waals surface area contributed by atoms with Crippen LogP contribution in [0.1, 0.15) is 24.2 Å². The number of hydrogen-bond donors (Lipinski definition) is 3. The summed E-state index contributed by atoms with van der Waals surface area (Å²) >= 11 is 12.0. The lowest BCUT2D eigenvalue weighted by Gasteiger charge is -2.16. The van der Waals surface area contributed by atoms with Crippen molar-refractivity contribution in [2.24, 2.45) is 10.7 Å². The molecule has 0 saturated heterocycles. The van der Waals surface area contributed by atoms with Gasteiger partial charge in [0.1, 0.15) is 5.69 Å². The zero-order chi connectivity index (χ0) is 20.0. The van der Waals surface area contributed by atoms with Crippen LogP contribution in [0.5, 0.6) is 0 Å². The summed E-state index contributed by atoms with van der Waals surface area (Å²) in [5, 5.41) is 6.67. The van der Waals surface area contributed by atoms with Crippen molar-refractivity contribution >= 4 is 35.1 Å². The fourth-order valence-electron chi connectivity index (χ4n) is 2.14. The van der Waals surface area contributed by atoms with Crippen LogP contribution >= 0.6 is 23.2 Å². The maximum absolute atomic E-state index is 12.6. The molecule has 1 heterocycles. The van der Waals surface area contributed by atoms with Crippen LogP contribution in [0, 0.1) is 0 Å². The number of aliphatic imine (C=N–C) groups is 1. The fourth-order valence-corrected chi connectivity index (χ4v) is 2.72. The molecule has 0 aliphatic rings. The summed E-state index contributed by atoms with van der Waals surface area (Å²) in [5.41, 5.74) is 5.60. The van der Waals surface area contributed by atoms with Crippen LogP contribution < -0.4 is 16.4 Å². The Bertz CT molecular complexity index is 813. The number of guanidine groups is 1. The van der Waals surface area contributed by atoms with E-state index in [0.29, 0.717) is 10.0 Å². The molecule has 2 rings (SSSR count).